The van der Waals surface area contributed by atoms with E-state index >= 15 is 0 Å². The van der Waals surface area contributed by atoms with Crippen molar-refractivity contribution in [3.05, 3.63) is 28.8 Å². The van der Waals surface area contributed by atoms with Gasteiger partial charge in [0.15, 0.2) is 0 Å². The molecule has 1 N–H and O–H groups in total. The van der Waals surface area contributed by atoms with Gasteiger partial charge in [-0.1, -0.05) is 37.6 Å². The number of nitrogens with one attached hydrogen (secondary N) is 1. The third-order valence-electron chi connectivity index (χ3n) is 3.70. The quantitative estimate of drug-likeness (QED) is 0.839. The van der Waals surface area contributed by atoms with E-state index < -0.39 is 0 Å². The normalized spacial score (nSPS) is 19.7. The summed E-state index contributed by atoms with van der Waals surface area (Å²) < 4.78 is 11.7. The van der Waals surface area contributed by atoms with Gasteiger partial charge in [0.2, 0.25) is 0 Å². The van der Waals surface area contributed by atoms with Crippen molar-refractivity contribution in [3.8, 4) is 5.75 Å². The molecule has 0 bridgehead atoms. The highest BCUT2D eigenvalue weighted by atomic mass is 35.5. The molecule has 0 radical (unpaired) electrons. The van der Waals surface area contributed by atoms with Crippen molar-refractivity contribution in [1.82, 2.24) is 10.2 Å². The maximum absolute atomic E-state index is 6.28. The maximum Gasteiger partial charge on any atom is 0.142 e. The highest BCUT2D eigenvalue weighted by Crippen LogP contribution is 2.29. The first kappa shape index (κ1) is 16.6. The van der Waals surface area contributed by atoms with Crippen molar-refractivity contribution in [2.75, 3.05) is 39.4 Å². The van der Waals surface area contributed by atoms with Gasteiger partial charge in [0.05, 0.1) is 11.6 Å². The average molecular weight is 313 g/mol. The molecule has 2 rings (SSSR count). The topological polar surface area (TPSA) is 33.7 Å². The number of likely N-dealkylation sites (N-methyl/N-ethyl adjacent to an activating group) is 1. The molecule has 5 heteroatoms. The fourth-order valence-corrected chi connectivity index (χ4v) is 2.71. The molecule has 0 spiro atoms. The van der Waals surface area contributed by atoms with Crippen LogP contribution in [-0.2, 0) is 11.3 Å². The monoisotopic (exact) mass is 312 g/mol. The number of hydrogen-bond acceptors (Lipinski definition) is 4. The van der Waals surface area contributed by atoms with Crippen molar-refractivity contribution < 1.29 is 9.47 Å². The van der Waals surface area contributed by atoms with Crippen molar-refractivity contribution in [1.29, 1.82) is 0 Å². The van der Waals surface area contributed by atoms with Gasteiger partial charge in [-0.2, -0.15) is 0 Å². The van der Waals surface area contributed by atoms with Crippen LogP contribution in [0.2, 0.25) is 5.02 Å². The molecule has 4 nitrogen and oxygen atoms in total. The zero-order chi connectivity index (χ0) is 15.1. The summed E-state index contributed by atoms with van der Waals surface area (Å²) in [5.74, 6) is 0.775. The highest BCUT2D eigenvalue weighted by Gasteiger charge is 2.20. The molecule has 1 aromatic rings. The molecule has 0 saturated carbocycles. The Balaban J connectivity index is 1.95. The number of hydrogen-bond donors (Lipinski definition) is 1. The van der Waals surface area contributed by atoms with Crippen LogP contribution in [0.25, 0.3) is 0 Å². The molecule has 1 saturated heterocycles. The summed E-state index contributed by atoms with van der Waals surface area (Å²) in [6.45, 7) is 10.2. The van der Waals surface area contributed by atoms with Gasteiger partial charge < -0.3 is 14.8 Å². The highest BCUT2D eigenvalue weighted by molar-refractivity contribution is 6.32. The van der Waals surface area contributed by atoms with Crippen molar-refractivity contribution in [3.63, 3.8) is 0 Å². The van der Waals surface area contributed by atoms with Gasteiger partial charge in [-0.05, 0) is 19.2 Å². The third kappa shape index (κ3) is 4.85. The van der Waals surface area contributed by atoms with Gasteiger partial charge in [0.25, 0.3) is 0 Å². The summed E-state index contributed by atoms with van der Waals surface area (Å²) in [7, 11) is 0. The summed E-state index contributed by atoms with van der Waals surface area (Å²) in [5.41, 5.74) is 1.09. The second-order valence-corrected chi connectivity index (χ2v) is 5.61. The van der Waals surface area contributed by atoms with Crippen LogP contribution in [0.15, 0.2) is 18.2 Å². The maximum atomic E-state index is 6.28. The minimum Gasteiger partial charge on any atom is -0.489 e. The molecule has 0 aromatic heterocycles. The van der Waals surface area contributed by atoms with Crippen LogP contribution in [0.4, 0.5) is 0 Å². The molecule has 0 amide bonds. The van der Waals surface area contributed by atoms with Crippen molar-refractivity contribution in [2.45, 2.75) is 26.5 Å². The fraction of sp³-hybridized carbons (Fsp3) is 0.625. The largest absolute Gasteiger partial charge is 0.489 e. The average Bonchev–Trinajstić information content (AvgIpc) is 2.52. The van der Waals surface area contributed by atoms with E-state index in [2.05, 4.69) is 24.1 Å². The van der Waals surface area contributed by atoms with Crippen LogP contribution in [0.1, 0.15) is 19.4 Å². The Morgan fingerprint density at radius 2 is 2.29 bits per heavy atom. The SMILES string of the molecule is CCNCc1cccc(Cl)c1OCC1CN(CC)CCO1. The number of morpholine rings is 1. The summed E-state index contributed by atoms with van der Waals surface area (Å²) in [6, 6.07) is 5.87. The molecular formula is C16H25ClN2O2. The molecule has 1 atom stereocenters. The number of halogens is 1. The summed E-state index contributed by atoms with van der Waals surface area (Å²) >= 11 is 6.28. The molecule has 1 aliphatic heterocycles. The zero-order valence-corrected chi connectivity index (χ0v) is 13.7. The lowest BCUT2D eigenvalue weighted by Crippen LogP contribution is -2.44. The molecule has 1 heterocycles. The van der Waals surface area contributed by atoms with Crippen LogP contribution in [0.5, 0.6) is 5.75 Å². The summed E-state index contributed by atoms with van der Waals surface area (Å²) in [6.07, 6.45) is 0.113. The van der Waals surface area contributed by atoms with E-state index in [9.17, 15) is 0 Å². The van der Waals surface area contributed by atoms with E-state index in [1.165, 1.54) is 0 Å². The number of benzene rings is 1. The predicted octanol–water partition coefficient (Wildman–Crippen LogP) is 2.55. The number of nitrogens with zero attached hydrogens (tertiary/aromatic N) is 1. The predicted molar refractivity (Wildman–Crippen MR) is 86.2 cm³/mol. The molecule has 1 unspecified atom stereocenters. The van der Waals surface area contributed by atoms with Gasteiger partial charge in [0, 0.05) is 25.2 Å². The fourth-order valence-electron chi connectivity index (χ4n) is 2.46. The van der Waals surface area contributed by atoms with Gasteiger partial charge in [-0.15, -0.1) is 0 Å². The van der Waals surface area contributed by atoms with Gasteiger partial charge >= 0.3 is 0 Å². The number of rotatable bonds is 7. The first-order valence-corrected chi connectivity index (χ1v) is 8.07. The molecule has 0 aliphatic carbocycles. The first-order chi connectivity index (χ1) is 10.2. The Labute approximate surface area is 132 Å². The summed E-state index contributed by atoms with van der Waals surface area (Å²) in [4.78, 5) is 2.38. The lowest BCUT2D eigenvalue weighted by molar-refractivity contribution is -0.0465. The van der Waals surface area contributed by atoms with Crippen LogP contribution in [0, 0.1) is 0 Å². The molecule has 1 aliphatic rings. The minimum atomic E-state index is 0.113. The lowest BCUT2D eigenvalue weighted by atomic mass is 10.2. The molecule has 21 heavy (non-hydrogen) atoms. The van der Waals surface area contributed by atoms with Gasteiger partial charge in [-0.25, -0.2) is 0 Å². The minimum absolute atomic E-state index is 0.113. The first-order valence-electron chi connectivity index (χ1n) is 7.69. The Morgan fingerprint density at radius 1 is 1.43 bits per heavy atom. The van der Waals surface area contributed by atoms with E-state index in [1.54, 1.807) is 0 Å². The second kappa shape index (κ2) is 8.59. The molecule has 118 valence electrons. The number of para-hydroxylation sites is 1. The second-order valence-electron chi connectivity index (χ2n) is 5.21. The van der Waals surface area contributed by atoms with Crippen LogP contribution in [-0.4, -0.2) is 50.4 Å². The summed E-state index contributed by atoms with van der Waals surface area (Å²) in [5, 5.41) is 3.97. The Morgan fingerprint density at radius 3 is 3.05 bits per heavy atom. The smallest absolute Gasteiger partial charge is 0.142 e. The standard InChI is InChI=1S/C16H25ClN2O2/c1-3-18-10-13-6-5-7-15(17)16(13)21-12-14-11-19(4-2)8-9-20-14/h5-7,14,18H,3-4,8-12H2,1-2H3. The Bertz CT molecular complexity index is 442. The Kier molecular flexibility index (Phi) is 6.77. The van der Waals surface area contributed by atoms with Crippen molar-refractivity contribution in [2.24, 2.45) is 0 Å². The Hall–Kier alpha value is -0.810. The molecule has 1 fully saturated rings. The van der Waals surface area contributed by atoms with E-state index in [-0.39, 0.29) is 6.10 Å². The van der Waals surface area contributed by atoms with Crippen LogP contribution >= 0.6 is 11.6 Å². The van der Waals surface area contributed by atoms with E-state index in [0.29, 0.717) is 11.6 Å². The molecule has 1 aromatic carbocycles. The zero-order valence-electron chi connectivity index (χ0n) is 12.9. The van der Waals surface area contributed by atoms with E-state index in [1.807, 2.05) is 18.2 Å². The van der Waals surface area contributed by atoms with E-state index in [0.717, 1.165) is 50.6 Å². The van der Waals surface area contributed by atoms with Gasteiger partial charge in [-0.3, -0.25) is 4.90 Å². The third-order valence-corrected chi connectivity index (χ3v) is 4.00. The number of ether oxygens (including phenoxy) is 2. The molecular weight excluding hydrogens is 288 g/mol. The van der Waals surface area contributed by atoms with Crippen LogP contribution < -0.4 is 10.1 Å². The van der Waals surface area contributed by atoms with Crippen molar-refractivity contribution >= 4 is 11.6 Å². The lowest BCUT2D eigenvalue weighted by Gasteiger charge is -2.32. The van der Waals surface area contributed by atoms with Crippen LogP contribution in [0.3, 0.4) is 0 Å². The van der Waals surface area contributed by atoms with E-state index in [4.69, 9.17) is 21.1 Å². The van der Waals surface area contributed by atoms with Gasteiger partial charge in [0.1, 0.15) is 18.5 Å².